The minimum atomic E-state index is -0.898. The van der Waals surface area contributed by atoms with Gasteiger partial charge in [0, 0.05) is 6.20 Å². The van der Waals surface area contributed by atoms with Crippen LogP contribution in [0.1, 0.15) is 17.3 Å². The number of methoxy groups -OCH3 is 1. The maximum absolute atomic E-state index is 11.1. The lowest BCUT2D eigenvalue weighted by Gasteiger charge is -2.04. The molecule has 1 atom stereocenters. The molecule has 1 N–H and O–H groups in total. The molecule has 0 saturated carbocycles. The third kappa shape index (κ3) is 2.80. The van der Waals surface area contributed by atoms with Gasteiger partial charge in [-0.05, 0) is 0 Å². The smallest absolute Gasteiger partial charge is 0.341 e. The van der Waals surface area contributed by atoms with Crippen molar-refractivity contribution in [1.29, 1.82) is 0 Å². The number of carbonyl (C=O) groups excluding carboxylic acids is 1. The van der Waals surface area contributed by atoms with Crippen molar-refractivity contribution in [2.24, 2.45) is 5.92 Å². The van der Waals surface area contributed by atoms with Crippen LogP contribution >= 0.6 is 0 Å². The van der Waals surface area contributed by atoms with E-state index in [-0.39, 0.29) is 6.54 Å². The Morgan fingerprint density at radius 3 is 2.87 bits per heavy atom. The Morgan fingerprint density at radius 1 is 1.67 bits per heavy atom. The van der Waals surface area contributed by atoms with Gasteiger partial charge in [0.25, 0.3) is 0 Å². The summed E-state index contributed by atoms with van der Waals surface area (Å²) in [6.45, 7) is 1.80. The molecule has 0 spiro atoms. The van der Waals surface area contributed by atoms with Gasteiger partial charge < -0.3 is 9.84 Å². The second kappa shape index (κ2) is 4.59. The van der Waals surface area contributed by atoms with Gasteiger partial charge in [-0.15, -0.1) is 0 Å². The summed E-state index contributed by atoms with van der Waals surface area (Å²) in [6.07, 6.45) is 2.81. The Balaban J connectivity index is 2.68. The Labute approximate surface area is 86.5 Å². The Hall–Kier alpha value is -1.85. The van der Waals surface area contributed by atoms with Crippen LogP contribution in [0.5, 0.6) is 0 Å². The lowest BCUT2D eigenvalue weighted by molar-refractivity contribution is -0.141. The summed E-state index contributed by atoms with van der Waals surface area (Å²) in [6, 6.07) is 0. The molecule has 6 nitrogen and oxygen atoms in total. The summed E-state index contributed by atoms with van der Waals surface area (Å²) in [7, 11) is 1.28. The van der Waals surface area contributed by atoms with Crippen LogP contribution in [-0.4, -0.2) is 33.9 Å². The molecule has 15 heavy (non-hydrogen) atoms. The number of rotatable bonds is 4. The largest absolute Gasteiger partial charge is 0.481 e. The summed E-state index contributed by atoms with van der Waals surface area (Å²) in [5.41, 5.74) is 0.315. The van der Waals surface area contributed by atoms with Gasteiger partial charge in [0.2, 0.25) is 0 Å². The summed E-state index contributed by atoms with van der Waals surface area (Å²) in [4.78, 5) is 21.6. The molecule has 0 saturated heterocycles. The van der Waals surface area contributed by atoms with E-state index in [1.54, 1.807) is 6.92 Å². The fraction of sp³-hybridized carbons (Fsp3) is 0.444. The van der Waals surface area contributed by atoms with E-state index in [0.717, 1.165) is 0 Å². The normalized spacial score (nSPS) is 12.1. The van der Waals surface area contributed by atoms with E-state index in [0.29, 0.717) is 5.56 Å². The zero-order chi connectivity index (χ0) is 11.4. The minimum absolute atomic E-state index is 0.228. The highest BCUT2D eigenvalue weighted by Crippen LogP contribution is 2.04. The van der Waals surface area contributed by atoms with Crippen LogP contribution in [0.15, 0.2) is 12.4 Å². The van der Waals surface area contributed by atoms with Gasteiger partial charge >= 0.3 is 11.9 Å². The molecule has 6 heteroatoms. The van der Waals surface area contributed by atoms with Crippen molar-refractivity contribution in [1.82, 2.24) is 9.78 Å². The number of nitrogens with zero attached hydrogens (tertiary/aromatic N) is 2. The number of carbonyl (C=O) groups is 2. The van der Waals surface area contributed by atoms with E-state index < -0.39 is 17.9 Å². The predicted molar refractivity (Wildman–Crippen MR) is 50.4 cm³/mol. The number of esters is 1. The van der Waals surface area contributed by atoms with E-state index in [1.165, 1.54) is 24.2 Å². The van der Waals surface area contributed by atoms with Crippen molar-refractivity contribution < 1.29 is 19.4 Å². The van der Waals surface area contributed by atoms with Crippen LogP contribution in [0, 0.1) is 5.92 Å². The third-order valence-corrected chi connectivity index (χ3v) is 1.94. The molecule has 1 aromatic heterocycles. The van der Waals surface area contributed by atoms with Crippen molar-refractivity contribution in [2.75, 3.05) is 7.11 Å². The molecular formula is C9H12N2O4. The SMILES string of the molecule is COC(=O)c1cnn(CC(C)C(=O)O)c1. The fourth-order valence-electron chi connectivity index (χ4n) is 1.05. The van der Waals surface area contributed by atoms with Crippen molar-refractivity contribution in [2.45, 2.75) is 13.5 Å². The maximum Gasteiger partial charge on any atom is 0.341 e. The molecule has 0 radical (unpaired) electrons. The van der Waals surface area contributed by atoms with Crippen molar-refractivity contribution in [3.8, 4) is 0 Å². The molecule has 1 unspecified atom stereocenters. The van der Waals surface area contributed by atoms with E-state index in [2.05, 4.69) is 9.84 Å². The molecule has 82 valence electrons. The third-order valence-electron chi connectivity index (χ3n) is 1.94. The molecule has 1 rings (SSSR count). The Morgan fingerprint density at radius 2 is 2.33 bits per heavy atom. The summed E-state index contributed by atoms with van der Waals surface area (Å²) in [5, 5.41) is 12.5. The first-order valence-electron chi connectivity index (χ1n) is 4.38. The van der Waals surface area contributed by atoms with Crippen LogP contribution < -0.4 is 0 Å². The number of ether oxygens (including phenoxy) is 1. The minimum Gasteiger partial charge on any atom is -0.481 e. The molecule has 0 aliphatic rings. The lowest BCUT2D eigenvalue weighted by atomic mass is 10.2. The highest BCUT2D eigenvalue weighted by atomic mass is 16.5. The first-order valence-corrected chi connectivity index (χ1v) is 4.38. The van der Waals surface area contributed by atoms with Gasteiger partial charge in [-0.2, -0.15) is 5.10 Å². The van der Waals surface area contributed by atoms with Gasteiger partial charge in [0.05, 0.1) is 31.3 Å². The number of carboxylic acid groups (broad SMARTS) is 1. The van der Waals surface area contributed by atoms with Gasteiger partial charge in [-0.1, -0.05) is 6.92 Å². The molecule has 0 aliphatic heterocycles. The standard InChI is InChI=1S/C9H12N2O4/c1-6(8(12)13)4-11-5-7(3-10-11)9(14)15-2/h3,5-6H,4H2,1-2H3,(H,12,13). The van der Waals surface area contributed by atoms with Gasteiger partial charge in [0.15, 0.2) is 0 Å². The quantitative estimate of drug-likeness (QED) is 0.730. The van der Waals surface area contributed by atoms with E-state index in [1.807, 2.05) is 0 Å². The van der Waals surface area contributed by atoms with Crippen LogP contribution in [0.2, 0.25) is 0 Å². The molecule has 1 aromatic rings. The highest BCUT2D eigenvalue weighted by Gasteiger charge is 2.14. The van der Waals surface area contributed by atoms with Gasteiger partial charge in [0.1, 0.15) is 0 Å². The highest BCUT2D eigenvalue weighted by molar-refractivity contribution is 5.88. The Bertz CT molecular complexity index is 372. The number of carboxylic acids is 1. The zero-order valence-corrected chi connectivity index (χ0v) is 8.51. The first-order chi connectivity index (χ1) is 7.04. The van der Waals surface area contributed by atoms with E-state index >= 15 is 0 Å². The fourth-order valence-corrected chi connectivity index (χ4v) is 1.05. The molecule has 0 fully saturated rings. The van der Waals surface area contributed by atoms with Crippen LogP contribution in [0.25, 0.3) is 0 Å². The average Bonchev–Trinajstić information content (AvgIpc) is 2.65. The van der Waals surface area contributed by atoms with E-state index in [9.17, 15) is 9.59 Å². The van der Waals surface area contributed by atoms with Crippen molar-refractivity contribution in [3.63, 3.8) is 0 Å². The topological polar surface area (TPSA) is 81.4 Å². The lowest BCUT2D eigenvalue weighted by Crippen LogP contribution is -2.16. The maximum atomic E-state index is 11.1. The van der Waals surface area contributed by atoms with Crippen LogP contribution in [0.4, 0.5) is 0 Å². The summed E-state index contributed by atoms with van der Waals surface area (Å²) < 4.78 is 5.90. The van der Waals surface area contributed by atoms with Gasteiger partial charge in [-0.3, -0.25) is 9.48 Å². The summed E-state index contributed by atoms with van der Waals surface area (Å²) in [5.74, 6) is -1.93. The molecule has 0 aromatic carbocycles. The monoisotopic (exact) mass is 212 g/mol. The summed E-state index contributed by atoms with van der Waals surface area (Å²) >= 11 is 0. The Kier molecular flexibility index (Phi) is 3.43. The molecule has 0 amide bonds. The first kappa shape index (κ1) is 11.2. The van der Waals surface area contributed by atoms with Crippen LogP contribution in [0.3, 0.4) is 0 Å². The second-order valence-electron chi connectivity index (χ2n) is 3.18. The van der Waals surface area contributed by atoms with Gasteiger partial charge in [-0.25, -0.2) is 4.79 Å². The molecule has 1 heterocycles. The predicted octanol–water partition coefficient (Wildman–Crippen LogP) is 0.390. The number of hydrogen-bond acceptors (Lipinski definition) is 4. The second-order valence-corrected chi connectivity index (χ2v) is 3.18. The van der Waals surface area contributed by atoms with Crippen LogP contribution in [-0.2, 0) is 16.1 Å². The molecule has 0 aliphatic carbocycles. The van der Waals surface area contributed by atoms with Crippen molar-refractivity contribution in [3.05, 3.63) is 18.0 Å². The average molecular weight is 212 g/mol. The molecule has 0 bridgehead atoms. The number of aromatic nitrogens is 2. The zero-order valence-electron chi connectivity index (χ0n) is 8.51. The molecular weight excluding hydrogens is 200 g/mol. The van der Waals surface area contributed by atoms with E-state index in [4.69, 9.17) is 5.11 Å². The number of aliphatic carboxylic acids is 1. The number of hydrogen-bond donors (Lipinski definition) is 1. The van der Waals surface area contributed by atoms with Crippen molar-refractivity contribution >= 4 is 11.9 Å².